The summed E-state index contributed by atoms with van der Waals surface area (Å²) in [7, 11) is 0. The zero-order chi connectivity index (χ0) is 16.9. The number of thiazole rings is 1. The van der Waals surface area contributed by atoms with Crippen molar-refractivity contribution in [1.82, 2.24) is 20.1 Å². The van der Waals surface area contributed by atoms with Crippen molar-refractivity contribution in [1.29, 1.82) is 0 Å². The smallest absolute Gasteiger partial charge is 0.193 e. The molecule has 3 rings (SSSR count). The van der Waals surface area contributed by atoms with E-state index in [9.17, 15) is 0 Å². The number of hydrogen-bond donors (Lipinski definition) is 1. The summed E-state index contributed by atoms with van der Waals surface area (Å²) in [5, 5.41) is 4.65. The largest absolute Gasteiger partial charge is 0.357 e. The van der Waals surface area contributed by atoms with E-state index in [1.54, 1.807) is 0 Å². The lowest BCUT2D eigenvalue weighted by Gasteiger charge is -2.25. The van der Waals surface area contributed by atoms with E-state index in [1.807, 2.05) is 11.3 Å². The number of hydrogen-bond acceptors (Lipinski definition) is 4. The molecule has 1 aromatic rings. The molecule has 0 spiro atoms. The number of nitrogens with one attached hydrogen (secondary N) is 1. The summed E-state index contributed by atoms with van der Waals surface area (Å²) in [4.78, 5) is 15.9. The van der Waals surface area contributed by atoms with Gasteiger partial charge in [0.15, 0.2) is 5.96 Å². The molecule has 0 bridgehead atoms. The van der Waals surface area contributed by atoms with Crippen LogP contribution in [-0.2, 0) is 6.42 Å². The average molecular weight is 477 g/mol. The van der Waals surface area contributed by atoms with Gasteiger partial charge >= 0.3 is 0 Å². The highest BCUT2D eigenvalue weighted by atomic mass is 127. The second-order valence-electron chi connectivity index (χ2n) is 6.86. The zero-order valence-electron chi connectivity index (χ0n) is 15.8. The predicted octanol–water partition coefficient (Wildman–Crippen LogP) is 3.06. The number of halogens is 1. The van der Waals surface area contributed by atoms with Crippen LogP contribution in [0.15, 0.2) is 4.99 Å². The summed E-state index contributed by atoms with van der Waals surface area (Å²) >= 11 is 1.81. The molecule has 2 saturated heterocycles. The van der Waals surface area contributed by atoms with Gasteiger partial charge < -0.3 is 10.2 Å². The first-order valence-electron chi connectivity index (χ1n) is 9.37. The molecule has 25 heavy (non-hydrogen) atoms. The second kappa shape index (κ2) is 10.1. The van der Waals surface area contributed by atoms with E-state index in [0.717, 1.165) is 49.6 Å². The number of aliphatic imine (C=N–C) groups is 1. The van der Waals surface area contributed by atoms with Crippen LogP contribution in [0.5, 0.6) is 0 Å². The average Bonchev–Trinajstić information content (AvgIpc) is 3.27. The van der Waals surface area contributed by atoms with Crippen LogP contribution in [0.3, 0.4) is 0 Å². The summed E-state index contributed by atoms with van der Waals surface area (Å²) in [6.45, 7) is 13.0. The lowest BCUT2D eigenvalue weighted by Crippen LogP contribution is -2.42. The van der Waals surface area contributed by atoms with Crippen molar-refractivity contribution in [3.63, 3.8) is 0 Å². The number of aryl methyl sites for hydroxylation is 2. The molecule has 5 nitrogen and oxygen atoms in total. The van der Waals surface area contributed by atoms with Crippen LogP contribution < -0.4 is 5.32 Å². The molecule has 2 aliphatic rings. The Kier molecular flexibility index (Phi) is 8.41. The molecular formula is C18H32IN5S. The van der Waals surface area contributed by atoms with E-state index in [4.69, 9.17) is 4.99 Å². The van der Waals surface area contributed by atoms with Crippen molar-refractivity contribution >= 4 is 41.3 Å². The Morgan fingerprint density at radius 2 is 2.04 bits per heavy atom. The molecule has 0 saturated carbocycles. The van der Waals surface area contributed by atoms with E-state index in [2.05, 4.69) is 40.9 Å². The van der Waals surface area contributed by atoms with Gasteiger partial charge in [-0.3, -0.25) is 9.89 Å². The highest BCUT2D eigenvalue weighted by Crippen LogP contribution is 2.21. The monoisotopic (exact) mass is 477 g/mol. The maximum absolute atomic E-state index is 4.89. The minimum atomic E-state index is 0. The molecule has 1 unspecified atom stereocenters. The summed E-state index contributed by atoms with van der Waals surface area (Å²) < 4.78 is 0. The van der Waals surface area contributed by atoms with Gasteiger partial charge in [0, 0.05) is 43.5 Å². The molecule has 1 N–H and O–H groups in total. The summed E-state index contributed by atoms with van der Waals surface area (Å²) in [6.07, 6.45) is 5.02. The Morgan fingerprint density at radius 3 is 2.68 bits per heavy atom. The third kappa shape index (κ3) is 5.53. The fraction of sp³-hybridized carbons (Fsp3) is 0.778. The predicted molar refractivity (Wildman–Crippen MR) is 117 cm³/mol. The quantitative estimate of drug-likeness (QED) is 0.402. The van der Waals surface area contributed by atoms with Crippen LogP contribution in [0.2, 0.25) is 0 Å². The van der Waals surface area contributed by atoms with Crippen molar-refractivity contribution in [2.45, 2.75) is 52.5 Å². The fourth-order valence-electron chi connectivity index (χ4n) is 3.83. The lowest BCUT2D eigenvalue weighted by molar-refractivity contribution is 0.249. The van der Waals surface area contributed by atoms with E-state index >= 15 is 0 Å². The molecule has 0 aromatic carbocycles. The van der Waals surface area contributed by atoms with Gasteiger partial charge in [0.05, 0.1) is 10.7 Å². The molecule has 0 aliphatic carbocycles. The highest BCUT2D eigenvalue weighted by molar-refractivity contribution is 14.0. The minimum Gasteiger partial charge on any atom is -0.357 e. The van der Waals surface area contributed by atoms with Crippen LogP contribution in [0.4, 0.5) is 0 Å². The van der Waals surface area contributed by atoms with Gasteiger partial charge in [-0.05, 0) is 53.1 Å². The first-order valence-corrected chi connectivity index (χ1v) is 10.2. The number of aromatic nitrogens is 1. The second-order valence-corrected chi connectivity index (χ2v) is 8.15. The first kappa shape index (κ1) is 20.9. The number of rotatable bonds is 5. The van der Waals surface area contributed by atoms with Crippen LogP contribution in [0.1, 0.15) is 41.8 Å². The maximum Gasteiger partial charge on any atom is 0.193 e. The normalized spacial score (nSPS) is 21.6. The van der Waals surface area contributed by atoms with Crippen LogP contribution >= 0.6 is 35.3 Å². The minimum absolute atomic E-state index is 0. The van der Waals surface area contributed by atoms with Gasteiger partial charge in [-0.1, -0.05) is 0 Å². The van der Waals surface area contributed by atoms with Crippen molar-refractivity contribution in [3.05, 3.63) is 15.6 Å². The molecule has 0 amide bonds. The van der Waals surface area contributed by atoms with Gasteiger partial charge in [0.2, 0.25) is 0 Å². The third-order valence-corrected chi connectivity index (χ3v) is 6.19. The van der Waals surface area contributed by atoms with Gasteiger partial charge in [0.1, 0.15) is 0 Å². The first-order chi connectivity index (χ1) is 11.7. The van der Waals surface area contributed by atoms with Gasteiger partial charge in [0.25, 0.3) is 0 Å². The van der Waals surface area contributed by atoms with Crippen LogP contribution in [0, 0.1) is 13.8 Å². The number of guanidine groups is 1. The van der Waals surface area contributed by atoms with Crippen molar-refractivity contribution in [2.75, 3.05) is 39.3 Å². The molecule has 2 fully saturated rings. The molecule has 1 aromatic heterocycles. The lowest BCUT2D eigenvalue weighted by atomic mass is 10.2. The summed E-state index contributed by atoms with van der Waals surface area (Å²) in [5.41, 5.74) is 1.17. The molecule has 1 atom stereocenters. The van der Waals surface area contributed by atoms with Crippen molar-refractivity contribution in [2.24, 2.45) is 4.99 Å². The Balaban J connectivity index is 0.00000225. The fourth-order valence-corrected chi connectivity index (χ4v) is 4.76. The van der Waals surface area contributed by atoms with Crippen LogP contribution in [0.25, 0.3) is 0 Å². The van der Waals surface area contributed by atoms with Crippen molar-refractivity contribution in [3.8, 4) is 0 Å². The Bertz CT molecular complexity index is 568. The standard InChI is InChI=1S/C18H31N5S.HI/c1-4-19-18(20-9-7-17-14(2)21-15(3)24-17)23-12-8-16(13-23)22-10-5-6-11-22;/h16H,4-13H2,1-3H3,(H,19,20);1H. The molecular weight excluding hydrogens is 445 g/mol. The Hall–Kier alpha value is -0.410. The molecule has 0 radical (unpaired) electrons. The topological polar surface area (TPSA) is 43.8 Å². The molecule has 7 heteroatoms. The van der Waals surface area contributed by atoms with Crippen LogP contribution in [-0.4, -0.2) is 66.1 Å². The van der Waals surface area contributed by atoms with Gasteiger partial charge in [-0.15, -0.1) is 35.3 Å². The third-order valence-electron chi connectivity index (χ3n) is 5.05. The van der Waals surface area contributed by atoms with Crippen molar-refractivity contribution < 1.29 is 0 Å². The molecule has 3 heterocycles. The molecule has 142 valence electrons. The van der Waals surface area contributed by atoms with E-state index in [-0.39, 0.29) is 24.0 Å². The highest BCUT2D eigenvalue weighted by Gasteiger charge is 2.30. The van der Waals surface area contributed by atoms with E-state index < -0.39 is 0 Å². The Morgan fingerprint density at radius 1 is 1.28 bits per heavy atom. The SMILES string of the molecule is CCNC(=NCCc1sc(C)nc1C)N1CCC(N2CCCC2)C1.I. The summed E-state index contributed by atoms with van der Waals surface area (Å²) in [5.74, 6) is 1.10. The Labute approximate surface area is 173 Å². The summed E-state index contributed by atoms with van der Waals surface area (Å²) in [6, 6.07) is 0.725. The van der Waals surface area contributed by atoms with E-state index in [0.29, 0.717) is 0 Å². The molecule has 2 aliphatic heterocycles. The number of likely N-dealkylation sites (tertiary alicyclic amines) is 2. The van der Waals surface area contributed by atoms with E-state index in [1.165, 1.54) is 42.9 Å². The maximum atomic E-state index is 4.89. The number of nitrogens with zero attached hydrogens (tertiary/aromatic N) is 4. The van der Waals surface area contributed by atoms with Gasteiger partial charge in [-0.2, -0.15) is 0 Å². The van der Waals surface area contributed by atoms with Gasteiger partial charge in [-0.25, -0.2) is 4.98 Å². The zero-order valence-corrected chi connectivity index (χ0v) is 18.9.